The number of nitrogens with two attached hydrogens (primary N) is 1. The highest BCUT2D eigenvalue weighted by atomic mass is 16.5. The lowest BCUT2D eigenvalue weighted by atomic mass is 10.0. The molecule has 148 valence electrons. The summed E-state index contributed by atoms with van der Waals surface area (Å²) in [6.45, 7) is 0. The molecule has 0 amide bonds. The standard InChI is InChI=1S/C21H27N5O2/c1-23-17-12-24-26(20(17)22)21(25-15-8-3-4-9-15)19(27)16-10-13-6-5-7-14(13)11-18(16)28-2/h10-12,15,23H,3-9,22H2,1-2H3. The number of benzene rings is 1. The Labute approximate surface area is 165 Å². The third kappa shape index (κ3) is 3.25. The lowest BCUT2D eigenvalue weighted by Crippen LogP contribution is -2.28. The average molecular weight is 381 g/mol. The zero-order valence-electron chi connectivity index (χ0n) is 16.5. The number of aliphatic imine (C=N–C) groups is 1. The van der Waals surface area contributed by atoms with Crippen molar-refractivity contribution in [1.82, 2.24) is 9.78 Å². The maximum absolute atomic E-state index is 13.6. The van der Waals surface area contributed by atoms with Crippen LogP contribution in [-0.2, 0) is 12.8 Å². The summed E-state index contributed by atoms with van der Waals surface area (Å²) in [6, 6.07) is 4.08. The minimum Gasteiger partial charge on any atom is -0.496 e. The second-order valence-electron chi connectivity index (χ2n) is 7.50. The molecule has 7 nitrogen and oxygen atoms in total. The fourth-order valence-electron chi connectivity index (χ4n) is 4.20. The Balaban J connectivity index is 1.80. The third-order valence-electron chi connectivity index (χ3n) is 5.77. The molecule has 7 heteroatoms. The number of fused-ring (bicyclic) bond motifs is 1. The minimum atomic E-state index is -0.198. The molecule has 1 heterocycles. The molecule has 0 bridgehead atoms. The minimum absolute atomic E-state index is 0.126. The van der Waals surface area contributed by atoms with Gasteiger partial charge in [-0.25, -0.2) is 0 Å². The summed E-state index contributed by atoms with van der Waals surface area (Å²) >= 11 is 0. The fourth-order valence-corrected chi connectivity index (χ4v) is 4.20. The van der Waals surface area contributed by atoms with E-state index >= 15 is 0 Å². The molecule has 4 rings (SSSR count). The van der Waals surface area contributed by atoms with Gasteiger partial charge < -0.3 is 15.8 Å². The second-order valence-corrected chi connectivity index (χ2v) is 7.50. The van der Waals surface area contributed by atoms with Crippen molar-refractivity contribution in [3.8, 4) is 5.75 Å². The van der Waals surface area contributed by atoms with Crippen LogP contribution >= 0.6 is 0 Å². The molecule has 1 aromatic heterocycles. The first-order chi connectivity index (χ1) is 13.6. The van der Waals surface area contributed by atoms with E-state index in [2.05, 4.69) is 10.4 Å². The monoisotopic (exact) mass is 381 g/mol. The Kier molecular flexibility index (Phi) is 5.07. The quantitative estimate of drug-likeness (QED) is 0.471. The molecule has 1 saturated carbocycles. The number of anilines is 2. The van der Waals surface area contributed by atoms with Gasteiger partial charge in [0.15, 0.2) is 11.7 Å². The summed E-state index contributed by atoms with van der Waals surface area (Å²) in [5, 5.41) is 7.34. The van der Waals surface area contributed by atoms with Crippen molar-refractivity contribution in [2.75, 3.05) is 25.2 Å². The first-order valence-corrected chi connectivity index (χ1v) is 9.96. The molecular weight excluding hydrogens is 354 g/mol. The van der Waals surface area contributed by atoms with E-state index in [1.165, 1.54) is 15.8 Å². The van der Waals surface area contributed by atoms with Gasteiger partial charge in [0.1, 0.15) is 5.75 Å². The number of hydrogen-bond acceptors (Lipinski definition) is 6. The highest BCUT2D eigenvalue weighted by Crippen LogP contribution is 2.31. The van der Waals surface area contributed by atoms with Crippen LogP contribution in [0.15, 0.2) is 23.3 Å². The van der Waals surface area contributed by atoms with Crippen molar-refractivity contribution in [2.45, 2.75) is 51.0 Å². The second kappa shape index (κ2) is 7.66. The molecule has 1 fully saturated rings. The van der Waals surface area contributed by atoms with Gasteiger partial charge in [0.05, 0.1) is 30.6 Å². The van der Waals surface area contributed by atoms with E-state index in [0.717, 1.165) is 44.9 Å². The van der Waals surface area contributed by atoms with Crippen molar-refractivity contribution in [3.63, 3.8) is 0 Å². The lowest BCUT2D eigenvalue weighted by Gasteiger charge is -2.15. The number of ether oxygens (including phenoxy) is 1. The molecule has 3 N–H and O–H groups in total. The van der Waals surface area contributed by atoms with Crippen LogP contribution in [-0.4, -0.2) is 41.6 Å². The Hall–Kier alpha value is -2.83. The van der Waals surface area contributed by atoms with E-state index in [0.29, 0.717) is 22.8 Å². The van der Waals surface area contributed by atoms with Gasteiger partial charge in [-0.1, -0.05) is 12.8 Å². The molecule has 0 atom stereocenters. The van der Waals surface area contributed by atoms with E-state index in [-0.39, 0.29) is 17.7 Å². The first-order valence-electron chi connectivity index (χ1n) is 9.96. The number of carbonyl (C=O) groups excluding carboxylic acids is 1. The smallest absolute Gasteiger partial charge is 0.233 e. The number of nitrogens with one attached hydrogen (secondary N) is 1. The van der Waals surface area contributed by atoms with Crippen LogP contribution in [0.25, 0.3) is 0 Å². The molecule has 0 aliphatic heterocycles. The first kappa shape index (κ1) is 18.5. The molecule has 1 aromatic carbocycles. The molecule has 0 spiro atoms. The van der Waals surface area contributed by atoms with Crippen LogP contribution in [0.1, 0.15) is 53.6 Å². The predicted octanol–water partition coefficient (Wildman–Crippen LogP) is 3.08. The van der Waals surface area contributed by atoms with Gasteiger partial charge in [-0.05, 0) is 55.4 Å². The van der Waals surface area contributed by atoms with Crippen LogP contribution in [0, 0.1) is 0 Å². The van der Waals surface area contributed by atoms with Gasteiger partial charge in [0, 0.05) is 7.05 Å². The molecule has 0 saturated heterocycles. The summed E-state index contributed by atoms with van der Waals surface area (Å²) in [5.74, 6) is 1.04. The highest BCUT2D eigenvalue weighted by Gasteiger charge is 2.27. The van der Waals surface area contributed by atoms with E-state index in [9.17, 15) is 4.79 Å². The van der Waals surface area contributed by atoms with Crippen LogP contribution in [0.5, 0.6) is 5.75 Å². The normalized spacial score (nSPS) is 17.0. The fraction of sp³-hybridized carbons (Fsp3) is 0.476. The topological polar surface area (TPSA) is 94.5 Å². The van der Waals surface area contributed by atoms with Crippen molar-refractivity contribution in [3.05, 3.63) is 35.0 Å². The van der Waals surface area contributed by atoms with Gasteiger partial charge >= 0.3 is 0 Å². The molecule has 2 aliphatic carbocycles. The van der Waals surface area contributed by atoms with Gasteiger partial charge in [-0.15, -0.1) is 0 Å². The van der Waals surface area contributed by atoms with E-state index in [1.807, 2.05) is 12.1 Å². The number of aromatic nitrogens is 2. The number of nitrogens with zero attached hydrogens (tertiary/aromatic N) is 3. The number of carbonyl (C=O) groups is 1. The number of ketones is 1. The van der Waals surface area contributed by atoms with Crippen LogP contribution < -0.4 is 15.8 Å². The Morgan fingerprint density at radius 1 is 1.25 bits per heavy atom. The third-order valence-corrected chi connectivity index (χ3v) is 5.77. The number of nitrogen functional groups attached to an aromatic ring is 1. The zero-order chi connectivity index (χ0) is 19.7. The van der Waals surface area contributed by atoms with Gasteiger partial charge in [0.25, 0.3) is 0 Å². The number of aryl methyl sites for hydroxylation is 2. The summed E-state index contributed by atoms with van der Waals surface area (Å²) in [6.07, 6.45) is 8.98. The molecule has 28 heavy (non-hydrogen) atoms. The molecule has 2 aromatic rings. The molecular formula is C21H27N5O2. The molecule has 0 radical (unpaired) electrons. The number of hydrogen-bond donors (Lipinski definition) is 2. The Morgan fingerprint density at radius 2 is 1.96 bits per heavy atom. The van der Waals surface area contributed by atoms with Gasteiger partial charge in [-0.2, -0.15) is 9.78 Å². The number of Topliss-reactive ketones (excluding diaryl/α,β-unsaturated/α-hetero) is 1. The van der Waals surface area contributed by atoms with Gasteiger partial charge in [-0.3, -0.25) is 9.79 Å². The number of methoxy groups -OCH3 is 1. The van der Waals surface area contributed by atoms with Crippen molar-refractivity contribution in [1.29, 1.82) is 0 Å². The van der Waals surface area contributed by atoms with Crippen LogP contribution in [0.3, 0.4) is 0 Å². The Bertz CT molecular complexity index is 925. The Morgan fingerprint density at radius 3 is 2.61 bits per heavy atom. The highest BCUT2D eigenvalue weighted by molar-refractivity contribution is 6.46. The largest absolute Gasteiger partial charge is 0.496 e. The summed E-state index contributed by atoms with van der Waals surface area (Å²) < 4.78 is 7.01. The van der Waals surface area contributed by atoms with Crippen molar-refractivity contribution >= 4 is 23.1 Å². The van der Waals surface area contributed by atoms with Gasteiger partial charge in [0.2, 0.25) is 5.78 Å². The SMILES string of the molecule is CNc1cnn(C(=NC2CCCC2)C(=O)c2cc3c(cc2OC)CCC3)c1N. The van der Waals surface area contributed by atoms with Crippen LogP contribution in [0.4, 0.5) is 11.5 Å². The number of rotatable bonds is 5. The zero-order valence-corrected chi connectivity index (χ0v) is 16.5. The van der Waals surface area contributed by atoms with E-state index in [1.54, 1.807) is 20.4 Å². The summed E-state index contributed by atoms with van der Waals surface area (Å²) in [4.78, 5) is 18.4. The maximum atomic E-state index is 13.6. The van der Waals surface area contributed by atoms with Crippen molar-refractivity contribution in [2.24, 2.45) is 4.99 Å². The average Bonchev–Trinajstić information content (AvgIpc) is 3.45. The van der Waals surface area contributed by atoms with Crippen molar-refractivity contribution < 1.29 is 9.53 Å². The van der Waals surface area contributed by atoms with E-state index in [4.69, 9.17) is 15.5 Å². The molecule has 0 unspecified atom stereocenters. The maximum Gasteiger partial charge on any atom is 0.233 e. The van der Waals surface area contributed by atoms with Crippen LogP contribution in [0.2, 0.25) is 0 Å². The summed E-state index contributed by atoms with van der Waals surface area (Å²) in [5.41, 5.74) is 9.92. The molecule has 2 aliphatic rings. The lowest BCUT2D eigenvalue weighted by molar-refractivity contribution is 0.105. The van der Waals surface area contributed by atoms with E-state index < -0.39 is 0 Å². The predicted molar refractivity (Wildman–Crippen MR) is 111 cm³/mol. The summed E-state index contributed by atoms with van der Waals surface area (Å²) in [7, 11) is 3.37.